The first-order valence-electron chi connectivity index (χ1n) is 5.09. The number of methoxy groups -OCH3 is 1. The first kappa shape index (κ1) is 11.8. The molecule has 2 rings (SSSR count). The fourth-order valence-corrected chi connectivity index (χ4v) is 2.67. The second-order valence-electron chi connectivity index (χ2n) is 3.77. The van der Waals surface area contributed by atoms with E-state index >= 15 is 0 Å². The maximum atomic E-state index is 11.6. The molecule has 1 aromatic rings. The minimum atomic E-state index is -3.35. The molecule has 0 aliphatic heterocycles. The Morgan fingerprint density at radius 1 is 1.53 bits per heavy atom. The van der Waals surface area contributed by atoms with E-state index in [0.29, 0.717) is 12.8 Å². The van der Waals surface area contributed by atoms with Gasteiger partial charge in [-0.3, -0.25) is 4.72 Å². The van der Waals surface area contributed by atoms with Crippen LogP contribution in [-0.4, -0.2) is 31.7 Å². The Hall–Kier alpha value is -1.63. The van der Waals surface area contributed by atoms with Gasteiger partial charge in [-0.15, -0.1) is 0 Å². The van der Waals surface area contributed by atoms with Crippen molar-refractivity contribution in [3.63, 3.8) is 0 Å². The van der Waals surface area contributed by atoms with E-state index in [4.69, 9.17) is 0 Å². The SMILES string of the molecule is COC(=O)c1ccnc(NS(=O)(=O)C2CC2)c1. The molecule has 1 saturated carbocycles. The summed E-state index contributed by atoms with van der Waals surface area (Å²) in [5.74, 6) is -0.390. The van der Waals surface area contributed by atoms with Gasteiger partial charge in [0.25, 0.3) is 0 Å². The summed E-state index contributed by atoms with van der Waals surface area (Å²) in [6.45, 7) is 0. The van der Waals surface area contributed by atoms with Crippen LogP contribution < -0.4 is 4.72 Å². The molecule has 1 N–H and O–H groups in total. The zero-order valence-electron chi connectivity index (χ0n) is 9.21. The van der Waals surface area contributed by atoms with Crippen molar-refractivity contribution in [3.8, 4) is 0 Å². The predicted octanol–water partition coefficient (Wildman–Crippen LogP) is 0.772. The second kappa shape index (κ2) is 4.33. The lowest BCUT2D eigenvalue weighted by molar-refractivity contribution is 0.0600. The number of anilines is 1. The number of carbonyl (C=O) groups is 1. The van der Waals surface area contributed by atoms with Crippen LogP contribution in [0.15, 0.2) is 18.3 Å². The van der Waals surface area contributed by atoms with Crippen LogP contribution in [0.3, 0.4) is 0 Å². The summed E-state index contributed by atoms with van der Waals surface area (Å²) < 4.78 is 30.2. The number of carbonyl (C=O) groups excluding carboxylic acids is 1. The highest BCUT2D eigenvalue weighted by molar-refractivity contribution is 7.93. The molecule has 1 heterocycles. The van der Waals surface area contributed by atoms with Gasteiger partial charge >= 0.3 is 5.97 Å². The standard InChI is InChI=1S/C10H12N2O4S/c1-16-10(13)7-4-5-11-9(6-7)12-17(14,15)8-2-3-8/h4-6,8H,2-3H2,1H3,(H,11,12). The summed E-state index contributed by atoms with van der Waals surface area (Å²) in [5, 5.41) is -0.328. The van der Waals surface area contributed by atoms with Gasteiger partial charge in [0.15, 0.2) is 0 Å². The Kier molecular flexibility index (Phi) is 3.01. The van der Waals surface area contributed by atoms with E-state index in [1.807, 2.05) is 0 Å². The molecule has 0 atom stereocenters. The highest BCUT2D eigenvalue weighted by Gasteiger charge is 2.36. The lowest BCUT2D eigenvalue weighted by atomic mass is 10.3. The molecule has 0 bridgehead atoms. The maximum absolute atomic E-state index is 11.6. The van der Waals surface area contributed by atoms with E-state index in [2.05, 4.69) is 14.4 Å². The molecule has 0 amide bonds. The number of nitrogens with zero attached hydrogens (tertiary/aromatic N) is 1. The van der Waals surface area contributed by atoms with Gasteiger partial charge in [0, 0.05) is 6.20 Å². The first-order chi connectivity index (χ1) is 8.03. The third-order valence-electron chi connectivity index (χ3n) is 2.39. The zero-order chi connectivity index (χ0) is 12.5. The van der Waals surface area contributed by atoms with Crippen molar-refractivity contribution in [1.82, 2.24) is 4.98 Å². The maximum Gasteiger partial charge on any atom is 0.338 e. The first-order valence-corrected chi connectivity index (χ1v) is 6.63. The average molecular weight is 256 g/mol. The van der Waals surface area contributed by atoms with Crippen LogP contribution in [-0.2, 0) is 14.8 Å². The normalized spacial score (nSPS) is 15.4. The van der Waals surface area contributed by atoms with Gasteiger partial charge < -0.3 is 4.74 Å². The summed E-state index contributed by atoms with van der Waals surface area (Å²) in [4.78, 5) is 15.1. The Morgan fingerprint density at radius 3 is 2.82 bits per heavy atom. The number of aromatic nitrogens is 1. The van der Waals surface area contributed by atoms with Crippen molar-refractivity contribution in [2.24, 2.45) is 0 Å². The summed E-state index contributed by atoms with van der Waals surface area (Å²) >= 11 is 0. The monoisotopic (exact) mass is 256 g/mol. The topological polar surface area (TPSA) is 85.4 Å². The number of hydrogen-bond donors (Lipinski definition) is 1. The van der Waals surface area contributed by atoms with Gasteiger partial charge in [-0.25, -0.2) is 18.2 Å². The van der Waals surface area contributed by atoms with E-state index in [-0.39, 0.29) is 16.6 Å². The molecule has 0 unspecified atom stereocenters. The van der Waals surface area contributed by atoms with Crippen molar-refractivity contribution in [3.05, 3.63) is 23.9 Å². The number of pyridine rings is 1. The molecule has 1 fully saturated rings. The molecule has 92 valence electrons. The number of rotatable bonds is 4. The Bertz CT molecular complexity index is 537. The Labute approximate surface area is 99.1 Å². The van der Waals surface area contributed by atoms with Crippen LogP contribution in [0.25, 0.3) is 0 Å². The number of esters is 1. The third kappa shape index (κ3) is 2.73. The van der Waals surface area contributed by atoms with Gasteiger partial charge in [-0.05, 0) is 25.0 Å². The summed E-state index contributed by atoms with van der Waals surface area (Å²) in [5.41, 5.74) is 0.260. The second-order valence-corrected chi connectivity index (χ2v) is 5.73. The van der Waals surface area contributed by atoms with Crippen LogP contribution >= 0.6 is 0 Å². The van der Waals surface area contributed by atoms with Crippen molar-refractivity contribution >= 4 is 21.8 Å². The van der Waals surface area contributed by atoms with Crippen molar-refractivity contribution in [2.75, 3.05) is 11.8 Å². The molecular formula is C10H12N2O4S. The van der Waals surface area contributed by atoms with Crippen LogP contribution in [0.1, 0.15) is 23.2 Å². The minimum absolute atomic E-state index is 0.139. The lowest BCUT2D eigenvalue weighted by Gasteiger charge is -2.06. The fourth-order valence-electron chi connectivity index (χ4n) is 1.34. The van der Waals surface area contributed by atoms with Gasteiger partial charge in [-0.2, -0.15) is 0 Å². The fraction of sp³-hybridized carbons (Fsp3) is 0.400. The van der Waals surface area contributed by atoms with E-state index in [9.17, 15) is 13.2 Å². The zero-order valence-corrected chi connectivity index (χ0v) is 10.0. The highest BCUT2D eigenvalue weighted by atomic mass is 32.2. The van der Waals surface area contributed by atoms with E-state index in [1.165, 1.54) is 25.4 Å². The van der Waals surface area contributed by atoms with E-state index in [1.54, 1.807) is 0 Å². The van der Waals surface area contributed by atoms with Crippen LogP contribution in [0.2, 0.25) is 0 Å². The average Bonchev–Trinajstić information content (AvgIpc) is 3.11. The smallest absolute Gasteiger partial charge is 0.338 e. The number of nitrogens with one attached hydrogen (secondary N) is 1. The molecule has 0 spiro atoms. The molecule has 0 radical (unpaired) electrons. The Balaban J connectivity index is 2.19. The van der Waals surface area contributed by atoms with Gasteiger partial charge in [0.05, 0.1) is 17.9 Å². The third-order valence-corrected chi connectivity index (χ3v) is 4.23. The highest BCUT2D eigenvalue weighted by Crippen LogP contribution is 2.29. The summed E-state index contributed by atoms with van der Waals surface area (Å²) in [7, 11) is -2.09. The van der Waals surface area contributed by atoms with Crippen LogP contribution in [0.5, 0.6) is 0 Å². The molecule has 1 aliphatic rings. The number of ether oxygens (including phenoxy) is 1. The number of hydrogen-bond acceptors (Lipinski definition) is 5. The van der Waals surface area contributed by atoms with Crippen LogP contribution in [0, 0.1) is 0 Å². The molecule has 17 heavy (non-hydrogen) atoms. The van der Waals surface area contributed by atoms with E-state index < -0.39 is 16.0 Å². The Morgan fingerprint density at radius 2 is 2.24 bits per heavy atom. The van der Waals surface area contributed by atoms with E-state index in [0.717, 1.165) is 0 Å². The van der Waals surface area contributed by atoms with Gasteiger partial charge in [-0.1, -0.05) is 0 Å². The minimum Gasteiger partial charge on any atom is -0.465 e. The summed E-state index contributed by atoms with van der Waals surface area (Å²) in [6, 6.07) is 2.81. The predicted molar refractivity (Wildman–Crippen MR) is 61.1 cm³/mol. The van der Waals surface area contributed by atoms with Crippen molar-refractivity contribution in [2.45, 2.75) is 18.1 Å². The molecule has 6 nitrogen and oxygen atoms in total. The van der Waals surface area contributed by atoms with Gasteiger partial charge in [0.2, 0.25) is 10.0 Å². The van der Waals surface area contributed by atoms with Crippen molar-refractivity contribution < 1.29 is 17.9 Å². The molecular weight excluding hydrogens is 244 g/mol. The quantitative estimate of drug-likeness (QED) is 0.804. The van der Waals surface area contributed by atoms with Gasteiger partial charge in [0.1, 0.15) is 5.82 Å². The largest absolute Gasteiger partial charge is 0.465 e. The van der Waals surface area contributed by atoms with Crippen molar-refractivity contribution in [1.29, 1.82) is 0 Å². The molecule has 0 saturated heterocycles. The number of sulfonamides is 1. The molecule has 1 aliphatic carbocycles. The lowest BCUT2D eigenvalue weighted by Crippen LogP contribution is -2.18. The molecule has 7 heteroatoms. The summed E-state index contributed by atoms with van der Waals surface area (Å²) in [6.07, 6.45) is 2.70. The molecule has 0 aromatic carbocycles. The molecule has 1 aromatic heterocycles. The van der Waals surface area contributed by atoms with Crippen LogP contribution in [0.4, 0.5) is 5.82 Å².